The minimum absolute atomic E-state index is 0.0244. The fourth-order valence-electron chi connectivity index (χ4n) is 14.4. The molecule has 0 radical (unpaired) electrons. The van der Waals surface area contributed by atoms with E-state index in [9.17, 15) is 23.3 Å². The van der Waals surface area contributed by atoms with Crippen LogP contribution in [0.3, 0.4) is 0 Å². The number of piperidine rings is 1. The number of fused-ring (bicyclic) bond motifs is 5. The lowest BCUT2D eigenvalue weighted by atomic mass is 9.59. The molecule has 4 saturated heterocycles. The number of piperazine rings is 1. The summed E-state index contributed by atoms with van der Waals surface area (Å²) < 4.78 is 67.7. The Labute approximate surface area is 482 Å². The number of para-hydroxylation sites is 1. The minimum Gasteiger partial charge on any atom is -0.491 e. The Morgan fingerprint density at radius 1 is 0.892 bits per heavy atom. The first kappa shape index (κ1) is 53.7. The SMILES string of the molecule is CC(C)Oc1ccccc1[C@@H]1CN(c2ccnc3c2CCOC3)CCN1C1CC2(CCN(c3ccc(C(=O)NS(=O)(=O)c4cc5c(c([N+](=O)[O-])c4)N[C@H](C4CCOCC4)CO5)c(N4c5cc6cc[nH]c6nc5O[C@H]5COCC[C@@H]54)c3)CC2)C1. The molecular formula is C61H70N10O11S. The highest BCUT2D eigenvalue weighted by Gasteiger charge is 2.51. The van der Waals surface area contributed by atoms with Gasteiger partial charge < -0.3 is 53.4 Å². The van der Waals surface area contributed by atoms with Gasteiger partial charge in [0.15, 0.2) is 11.4 Å². The Morgan fingerprint density at radius 3 is 2.55 bits per heavy atom. The smallest absolute Gasteiger partial charge is 0.297 e. The Balaban J connectivity index is 0.743. The number of nitro benzene ring substituents is 1. The summed E-state index contributed by atoms with van der Waals surface area (Å²) in [6.45, 7) is 11.8. The molecular weight excluding hydrogens is 1080 g/mol. The zero-order valence-corrected chi connectivity index (χ0v) is 47.6. The van der Waals surface area contributed by atoms with Gasteiger partial charge in [0.1, 0.15) is 29.8 Å². The first-order valence-corrected chi connectivity index (χ1v) is 30.9. The molecule has 1 amide bonds. The third-order valence-corrected chi connectivity index (χ3v) is 20.0. The number of nitrogens with one attached hydrogen (secondary N) is 3. The average molecular weight is 1150 g/mol. The second-order valence-electron chi connectivity index (χ2n) is 23.9. The highest BCUT2D eigenvalue weighted by atomic mass is 32.2. The number of pyridine rings is 2. The maximum Gasteiger partial charge on any atom is 0.297 e. The van der Waals surface area contributed by atoms with Crippen LogP contribution in [0, 0.1) is 21.4 Å². The number of ether oxygens (including phenoxy) is 6. The number of sulfonamides is 1. The van der Waals surface area contributed by atoms with E-state index in [4.69, 9.17) is 38.4 Å². The summed E-state index contributed by atoms with van der Waals surface area (Å²) in [6.07, 6.45) is 10.4. The Morgan fingerprint density at radius 2 is 1.72 bits per heavy atom. The van der Waals surface area contributed by atoms with E-state index in [1.807, 2.05) is 36.7 Å². The number of benzene rings is 3. The number of rotatable bonds is 12. The number of aromatic amines is 1. The lowest BCUT2D eigenvalue weighted by Gasteiger charge is -2.58. The van der Waals surface area contributed by atoms with Gasteiger partial charge in [-0.15, -0.1) is 0 Å². The number of H-pyrrole nitrogens is 1. The summed E-state index contributed by atoms with van der Waals surface area (Å²) in [4.78, 5) is 49.0. The van der Waals surface area contributed by atoms with E-state index in [1.54, 1.807) is 6.07 Å². The van der Waals surface area contributed by atoms with Gasteiger partial charge in [-0.3, -0.25) is 24.8 Å². The van der Waals surface area contributed by atoms with Crippen LogP contribution in [0.2, 0.25) is 0 Å². The summed E-state index contributed by atoms with van der Waals surface area (Å²) in [6, 6.07) is 22.5. The number of hydrogen-bond acceptors (Lipinski definition) is 18. The molecule has 7 aliphatic heterocycles. The molecule has 3 aromatic heterocycles. The molecule has 0 unspecified atom stereocenters. The second-order valence-corrected chi connectivity index (χ2v) is 25.6. The first-order valence-electron chi connectivity index (χ1n) is 29.4. The number of carbonyl (C=O) groups excluding carboxylic acids is 1. The van der Waals surface area contributed by atoms with Gasteiger partial charge in [0.25, 0.3) is 21.6 Å². The predicted octanol–water partition coefficient (Wildman–Crippen LogP) is 8.44. The summed E-state index contributed by atoms with van der Waals surface area (Å²) in [5.74, 6) is 0.579. The van der Waals surface area contributed by atoms with Gasteiger partial charge in [0.05, 0.1) is 70.8 Å². The van der Waals surface area contributed by atoms with Gasteiger partial charge in [-0.2, -0.15) is 4.98 Å². The third kappa shape index (κ3) is 10.1. The molecule has 83 heavy (non-hydrogen) atoms. The minimum atomic E-state index is -4.72. The quantitative estimate of drug-likeness (QED) is 0.0771. The molecule has 14 rings (SSSR count). The molecule has 22 heteroatoms. The van der Waals surface area contributed by atoms with Crippen LogP contribution in [0.4, 0.5) is 34.1 Å². The summed E-state index contributed by atoms with van der Waals surface area (Å²) >= 11 is 0. The van der Waals surface area contributed by atoms with E-state index in [2.05, 4.69) is 78.8 Å². The molecule has 1 spiro atoms. The standard InChI is InChI=1S/C61H70N10O11S/c1-37(2)81-54-6-4-3-5-44(54)53-33-68(48-10-18-62-47-34-78-25-13-43(47)48)21-22-69(53)41-31-61(32-41)15-19-67(20-16-61)40-7-8-45(50(28-40)70-49-14-26-79-36-56(49)82-60-52(70)27-39-9-17-63-58(39)65-60)59(72)66-83(75,76)42-29-51(71(73)74)57-55(30-42)80-35-46(64-57)38-11-23-77-24-12-38/h3-10,17-18,27-30,37-38,41,46,49,53,56,64H,11-16,19-26,31-36H2,1-2H3,(H,63,65)(H,66,72)/t46-,49-,53-,56-/m0/s1. The van der Waals surface area contributed by atoms with Crippen molar-refractivity contribution in [3.05, 3.63) is 118 Å². The van der Waals surface area contributed by atoms with Crippen molar-refractivity contribution in [2.45, 2.75) is 113 Å². The van der Waals surface area contributed by atoms with Crippen LogP contribution in [-0.2, 0) is 37.3 Å². The number of anilines is 5. The lowest BCUT2D eigenvalue weighted by molar-refractivity contribution is -0.384. The van der Waals surface area contributed by atoms with Crippen molar-refractivity contribution < 1.29 is 46.6 Å². The molecule has 5 fully saturated rings. The van der Waals surface area contributed by atoms with Crippen LogP contribution in [0.1, 0.15) is 92.0 Å². The maximum atomic E-state index is 15.0. The van der Waals surface area contributed by atoms with E-state index in [0.29, 0.717) is 68.4 Å². The van der Waals surface area contributed by atoms with E-state index in [1.165, 1.54) is 22.9 Å². The zero-order valence-electron chi connectivity index (χ0n) is 46.8. The Bertz CT molecular complexity index is 3580. The van der Waals surface area contributed by atoms with Gasteiger partial charge in [-0.05, 0) is 119 Å². The van der Waals surface area contributed by atoms with E-state index >= 15 is 0 Å². The molecule has 10 heterocycles. The van der Waals surface area contributed by atoms with Crippen LogP contribution in [0.5, 0.6) is 17.4 Å². The van der Waals surface area contributed by atoms with Gasteiger partial charge in [0.2, 0.25) is 5.88 Å². The second kappa shape index (κ2) is 21.7. The average Bonchev–Trinajstić information content (AvgIpc) is 4.22. The molecule has 8 aliphatic rings. The highest BCUT2D eigenvalue weighted by molar-refractivity contribution is 7.90. The maximum absolute atomic E-state index is 15.0. The van der Waals surface area contributed by atoms with Gasteiger partial charge in [-0.25, -0.2) is 13.1 Å². The van der Waals surface area contributed by atoms with Crippen molar-refractivity contribution in [1.82, 2.24) is 24.6 Å². The topological polar surface area (TPSA) is 228 Å². The monoisotopic (exact) mass is 1150 g/mol. The fourth-order valence-corrected chi connectivity index (χ4v) is 15.4. The Hall–Kier alpha value is -7.24. The summed E-state index contributed by atoms with van der Waals surface area (Å²) in [5.41, 5.74) is 7.37. The molecule has 6 aromatic rings. The van der Waals surface area contributed by atoms with E-state index in [0.717, 1.165) is 106 Å². The van der Waals surface area contributed by atoms with Crippen LogP contribution in [0.25, 0.3) is 11.0 Å². The van der Waals surface area contributed by atoms with Gasteiger partial charge in [-0.1, -0.05) is 18.2 Å². The number of aromatic nitrogens is 3. The molecule has 3 aromatic carbocycles. The molecule has 436 valence electrons. The molecule has 1 saturated carbocycles. The lowest BCUT2D eigenvalue weighted by Crippen LogP contribution is -2.60. The van der Waals surface area contributed by atoms with Gasteiger partial charge >= 0.3 is 0 Å². The first-order chi connectivity index (χ1) is 40.3. The van der Waals surface area contributed by atoms with Crippen molar-refractivity contribution >= 4 is 61.1 Å². The van der Waals surface area contributed by atoms with Crippen molar-refractivity contribution in [3.63, 3.8) is 0 Å². The van der Waals surface area contributed by atoms with Crippen LogP contribution in [0.15, 0.2) is 90.1 Å². The summed E-state index contributed by atoms with van der Waals surface area (Å²) in [5, 5.41) is 16.7. The van der Waals surface area contributed by atoms with Crippen LogP contribution in [-0.4, -0.2) is 142 Å². The number of amides is 1. The molecule has 0 bridgehead atoms. The molecule has 4 atom stereocenters. The predicted molar refractivity (Wildman–Crippen MR) is 311 cm³/mol. The number of carbonyl (C=O) groups is 1. The van der Waals surface area contributed by atoms with Crippen LogP contribution >= 0.6 is 0 Å². The molecule has 1 aliphatic carbocycles. The number of nitro groups is 1. The third-order valence-electron chi connectivity index (χ3n) is 18.7. The molecule has 3 N–H and O–H groups in total. The Kier molecular flexibility index (Phi) is 14.1. The molecule has 21 nitrogen and oxygen atoms in total. The van der Waals surface area contributed by atoms with Gasteiger partial charge in [0, 0.05) is 111 Å². The van der Waals surface area contributed by atoms with Crippen molar-refractivity contribution in [2.75, 3.05) is 92.4 Å². The summed E-state index contributed by atoms with van der Waals surface area (Å²) in [7, 11) is -4.72. The van der Waals surface area contributed by atoms with Crippen molar-refractivity contribution in [3.8, 4) is 17.4 Å². The van der Waals surface area contributed by atoms with Crippen molar-refractivity contribution in [1.29, 1.82) is 0 Å². The van der Waals surface area contributed by atoms with Crippen LogP contribution < -0.4 is 38.9 Å². The highest BCUT2D eigenvalue weighted by Crippen LogP contribution is 2.54. The van der Waals surface area contributed by atoms with Crippen molar-refractivity contribution in [2.24, 2.45) is 11.3 Å². The zero-order chi connectivity index (χ0) is 56.6. The fraction of sp³-hybridized carbons (Fsp3) is 0.492. The largest absolute Gasteiger partial charge is 0.491 e. The normalized spacial score (nSPS) is 23.7. The van der Waals surface area contributed by atoms with E-state index < -0.39 is 37.5 Å². The number of nitrogens with zero attached hydrogens (tertiary/aromatic N) is 7. The van der Waals surface area contributed by atoms with E-state index in [-0.39, 0.29) is 65.8 Å². The number of hydrogen-bond donors (Lipinski definition) is 3.